The molecule has 0 saturated carbocycles. The Hall–Kier alpha value is -1.83. The van der Waals surface area contributed by atoms with E-state index >= 15 is 0 Å². The molecule has 1 fully saturated rings. The van der Waals surface area contributed by atoms with Crippen molar-refractivity contribution in [3.63, 3.8) is 0 Å². The molecule has 162 valence electrons. The highest BCUT2D eigenvalue weighted by Gasteiger charge is 2.33. The van der Waals surface area contributed by atoms with Crippen molar-refractivity contribution in [1.29, 1.82) is 0 Å². The summed E-state index contributed by atoms with van der Waals surface area (Å²) < 4.78 is 27.3. The predicted octanol–water partition coefficient (Wildman–Crippen LogP) is 3.75. The summed E-state index contributed by atoms with van der Waals surface area (Å²) in [5.41, 5.74) is 3.55. The topological polar surface area (TPSA) is 66.5 Å². The molecule has 0 aromatic heterocycles. The van der Waals surface area contributed by atoms with Crippen LogP contribution < -0.4 is 5.32 Å². The fourth-order valence-electron chi connectivity index (χ4n) is 3.50. The Bertz CT molecular complexity index is 941. The lowest BCUT2D eigenvalue weighted by Gasteiger charge is -2.31. The van der Waals surface area contributed by atoms with E-state index in [4.69, 9.17) is 0 Å². The van der Waals surface area contributed by atoms with Crippen LogP contribution >= 0.6 is 11.8 Å². The second-order valence-electron chi connectivity index (χ2n) is 7.84. The summed E-state index contributed by atoms with van der Waals surface area (Å²) >= 11 is 1.78. The van der Waals surface area contributed by atoms with Gasteiger partial charge in [-0.2, -0.15) is 16.1 Å². The SMILES string of the molecule is Cc1ccc(CSCCNC(=O)C2CCCN(S(=O)(=O)c3ccc(C)cc3)C2)cc1. The zero-order valence-electron chi connectivity index (χ0n) is 17.6. The fraction of sp³-hybridized carbons (Fsp3) is 0.435. The maximum absolute atomic E-state index is 12.9. The number of thioether (sulfide) groups is 1. The molecule has 2 aromatic carbocycles. The molecule has 2 aromatic rings. The van der Waals surface area contributed by atoms with Crippen LogP contribution in [0.2, 0.25) is 0 Å². The third-order valence-electron chi connectivity index (χ3n) is 5.35. The number of sulfonamides is 1. The first kappa shape index (κ1) is 22.8. The van der Waals surface area contributed by atoms with E-state index in [-0.39, 0.29) is 18.4 Å². The third-order valence-corrected chi connectivity index (χ3v) is 8.26. The van der Waals surface area contributed by atoms with E-state index in [9.17, 15) is 13.2 Å². The molecule has 3 rings (SSSR count). The van der Waals surface area contributed by atoms with Gasteiger partial charge in [0.05, 0.1) is 10.8 Å². The number of piperidine rings is 1. The number of hydrogen-bond acceptors (Lipinski definition) is 4. The predicted molar refractivity (Wildman–Crippen MR) is 123 cm³/mol. The van der Waals surface area contributed by atoms with Gasteiger partial charge in [-0.1, -0.05) is 47.5 Å². The molecule has 0 bridgehead atoms. The Labute approximate surface area is 184 Å². The standard InChI is InChI=1S/C23H30N2O3S2/c1-18-5-9-20(10-6-18)17-29-15-13-24-23(26)21-4-3-14-25(16-21)30(27,28)22-11-7-19(2)8-12-22/h5-12,21H,3-4,13-17H2,1-2H3,(H,24,26). The third kappa shape index (κ3) is 6.09. The molecule has 1 saturated heterocycles. The first-order valence-electron chi connectivity index (χ1n) is 10.3. The van der Waals surface area contributed by atoms with Crippen molar-refractivity contribution in [2.45, 2.75) is 37.3 Å². The van der Waals surface area contributed by atoms with E-state index in [1.807, 2.05) is 6.92 Å². The molecule has 1 unspecified atom stereocenters. The van der Waals surface area contributed by atoms with Gasteiger partial charge in [-0.3, -0.25) is 4.79 Å². The molecule has 5 nitrogen and oxygen atoms in total. The van der Waals surface area contributed by atoms with Crippen LogP contribution in [-0.2, 0) is 20.6 Å². The van der Waals surface area contributed by atoms with Crippen LogP contribution in [0.3, 0.4) is 0 Å². The molecule has 0 aliphatic carbocycles. The molecule has 1 amide bonds. The van der Waals surface area contributed by atoms with Crippen molar-refractivity contribution in [1.82, 2.24) is 9.62 Å². The van der Waals surface area contributed by atoms with Crippen molar-refractivity contribution in [3.05, 3.63) is 65.2 Å². The minimum absolute atomic E-state index is 0.0465. The Balaban J connectivity index is 1.45. The smallest absolute Gasteiger partial charge is 0.243 e. The molecule has 1 aliphatic rings. The second kappa shape index (κ2) is 10.5. The van der Waals surface area contributed by atoms with E-state index in [2.05, 4.69) is 36.5 Å². The van der Waals surface area contributed by atoms with Crippen LogP contribution in [0.25, 0.3) is 0 Å². The highest BCUT2D eigenvalue weighted by Crippen LogP contribution is 2.24. The van der Waals surface area contributed by atoms with E-state index in [1.165, 1.54) is 15.4 Å². The van der Waals surface area contributed by atoms with E-state index in [0.717, 1.165) is 23.5 Å². The molecule has 1 heterocycles. The molecular formula is C23H30N2O3S2. The molecule has 0 radical (unpaired) electrons. The van der Waals surface area contributed by atoms with Crippen LogP contribution in [0.1, 0.15) is 29.5 Å². The number of nitrogens with one attached hydrogen (secondary N) is 1. The van der Waals surface area contributed by atoms with Gasteiger partial charge in [-0.25, -0.2) is 8.42 Å². The van der Waals surface area contributed by atoms with Crippen molar-refractivity contribution < 1.29 is 13.2 Å². The number of nitrogens with zero attached hydrogens (tertiary/aromatic N) is 1. The van der Waals surface area contributed by atoms with Crippen molar-refractivity contribution >= 4 is 27.7 Å². The molecule has 0 spiro atoms. The lowest BCUT2D eigenvalue weighted by Crippen LogP contribution is -2.45. The van der Waals surface area contributed by atoms with Gasteiger partial charge in [0.1, 0.15) is 0 Å². The number of carbonyl (C=O) groups is 1. The number of aryl methyl sites for hydroxylation is 2. The number of carbonyl (C=O) groups excluding carboxylic acids is 1. The maximum Gasteiger partial charge on any atom is 0.243 e. The van der Waals surface area contributed by atoms with Gasteiger partial charge >= 0.3 is 0 Å². The Morgan fingerprint density at radius 2 is 1.70 bits per heavy atom. The second-order valence-corrected chi connectivity index (χ2v) is 10.9. The summed E-state index contributed by atoms with van der Waals surface area (Å²) in [5.74, 6) is 1.41. The first-order chi connectivity index (χ1) is 14.4. The lowest BCUT2D eigenvalue weighted by molar-refractivity contribution is -0.125. The van der Waals surface area contributed by atoms with Crippen molar-refractivity contribution in [2.24, 2.45) is 5.92 Å². The molecule has 7 heteroatoms. The molecular weight excluding hydrogens is 416 g/mol. The van der Waals surface area contributed by atoms with Crippen LogP contribution in [-0.4, -0.2) is 44.0 Å². The average Bonchev–Trinajstić information content (AvgIpc) is 2.75. The minimum atomic E-state index is -3.56. The quantitative estimate of drug-likeness (QED) is 0.627. The van der Waals surface area contributed by atoms with Crippen molar-refractivity contribution in [2.75, 3.05) is 25.4 Å². The average molecular weight is 447 g/mol. The number of benzene rings is 2. The van der Waals surface area contributed by atoms with Gasteiger partial charge in [0, 0.05) is 31.1 Å². The molecule has 1 N–H and O–H groups in total. The first-order valence-corrected chi connectivity index (χ1v) is 12.9. The molecule has 30 heavy (non-hydrogen) atoms. The van der Waals surface area contributed by atoms with E-state index < -0.39 is 10.0 Å². The van der Waals surface area contributed by atoms with Gasteiger partial charge in [0.25, 0.3) is 0 Å². The number of amides is 1. The summed E-state index contributed by atoms with van der Waals surface area (Å²) in [6.07, 6.45) is 1.42. The normalized spacial score (nSPS) is 17.6. The minimum Gasteiger partial charge on any atom is -0.355 e. The molecule has 1 atom stereocenters. The highest BCUT2D eigenvalue weighted by atomic mass is 32.2. The van der Waals surface area contributed by atoms with Gasteiger partial charge in [0.2, 0.25) is 15.9 Å². The van der Waals surface area contributed by atoms with Gasteiger partial charge in [0.15, 0.2) is 0 Å². The van der Waals surface area contributed by atoms with Gasteiger partial charge in [-0.15, -0.1) is 0 Å². The van der Waals surface area contributed by atoms with Crippen LogP contribution in [0, 0.1) is 19.8 Å². The van der Waals surface area contributed by atoms with Gasteiger partial charge in [-0.05, 0) is 44.4 Å². The van der Waals surface area contributed by atoms with Crippen LogP contribution in [0.15, 0.2) is 53.4 Å². The van der Waals surface area contributed by atoms with E-state index in [0.29, 0.717) is 24.4 Å². The zero-order chi connectivity index (χ0) is 21.6. The monoisotopic (exact) mass is 446 g/mol. The van der Waals surface area contributed by atoms with Crippen LogP contribution in [0.5, 0.6) is 0 Å². The van der Waals surface area contributed by atoms with E-state index in [1.54, 1.807) is 36.0 Å². The fourth-order valence-corrected chi connectivity index (χ4v) is 5.84. The number of hydrogen-bond donors (Lipinski definition) is 1. The summed E-state index contributed by atoms with van der Waals surface area (Å²) in [6.45, 7) is 5.31. The highest BCUT2D eigenvalue weighted by molar-refractivity contribution is 7.98. The summed E-state index contributed by atoms with van der Waals surface area (Å²) in [6, 6.07) is 15.4. The largest absolute Gasteiger partial charge is 0.355 e. The van der Waals surface area contributed by atoms with Crippen molar-refractivity contribution in [3.8, 4) is 0 Å². The maximum atomic E-state index is 12.9. The van der Waals surface area contributed by atoms with Crippen LogP contribution in [0.4, 0.5) is 0 Å². The summed E-state index contributed by atoms with van der Waals surface area (Å²) in [4.78, 5) is 12.9. The Morgan fingerprint density at radius 1 is 1.07 bits per heavy atom. The zero-order valence-corrected chi connectivity index (χ0v) is 19.3. The van der Waals surface area contributed by atoms with Gasteiger partial charge < -0.3 is 5.32 Å². The Kier molecular flexibility index (Phi) is 7.97. The lowest BCUT2D eigenvalue weighted by atomic mass is 9.99. The molecule has 1 aliphatic heterocycles. The Morgan fingerprint density at radius 3 is 2.37 bits per heavy atom. The summed E-state index contributed by atoms with van der Waals surface area (Å²) in [5, 5.41) is 2.99. The summed E-state index contributed by atoms with van der Waals surface area (Å²) in [7, 11) is -3.56. The number of rotatable bonds is 8.